The molecule has 0 unspecified atom stereocenters. The van der Waals surface area contributed by atoms with Gasteiger partial charge in [0, 0.05) is 31.3 Å². The van der Waals surface area contributed by atoms with Gasteiger partial charge in [0.2, 0.25) is 11.8 Å². The van der Waals surface area contributed by atoms with E-state index in [2.05, 4.69) is 22.0 Å². The SMILES string of the molecule is CC(=O)Nc1cccc(NC(=O)CCNc2ccccc2C#N)c1. The van der Waals surface area contributed by atoms with E-state index in [1.165, 1.54) is 6.92 Å². The molecule has 0 aromatic heterocycles. The van der Waals surface area contributed by atoms with Gasteiger partial charge in [-0.05, 0) is 30.3 Å². The minimum atomic E-state index is -0.168. The van der Waals surface area contributed by atoms with E-state index in [4.69, 9.17) is 5.26 Å². The minimum absolute atomic E-state index is 0.156. The Morgan fingerprint density at radius 1 is 1.04 bits per heavy atom. The van der Waals surface area contributed by atoms with Crippen molar-refractivity contribution in [2.45, 2.75) is 13.3 Å². The minimum Gasteiger partial charge on any atom is -0.383 e. The molecule has 0 saturated heterocycles. The van der Waals surface area contributed by atoms with Gasteiger partial charge in [-0.2, -0.15) is 5.26 Å². The van der Waals surface area contributed by atoms with Crippen LogP contribution in [0.15, 0.2) is 48.5 Å². The summed E-state index contributed by atoms with van der Waals surface area (Å²) in [5.41, 5.74) is 2.49. The molecular weight excluding hydrogens is 304 g/mol. The highest BCUT2D eigenvalue weighted by Crippen LogP contribution is 2.16. The highest BCUT2D eigenvalue weighted by molar-refractivity contribution is 5.93. The number of carbonyl (C=O) groups excluding carboxylic acids is 2. The molecule has 3 N–H and O–H groups in total. The molecule has 2 rings (SSSR count). The molecule has 0 heterocycles. The molecule has 6 heteroatoms. The highest BCUT2D eigenvalue weighted by Gasteiger charge is 2.05. The molecular formula is C18H18N4O2. The van der Waals surface area contributed by atoms with Gasteiger partial charge in [0.05, 0.1) is 11.3 Å². The van der Waals surface area contributed by atoms with Crippen molar-refractivity contribution in [1.29, 1.82) is 5.26 Å². The van der Waals surface area contributed by atoms with Gasteiger partial charge in [0.1, 0.15) is 6.07 Å². The van der Waals surface area contributed by atoms with Crippen LogP contribution >= 0.6 is 0 Å². The summed E-state index contributed by atoms with van der Waals surface area (Å²) >= 11 is 0. The first-order valence-electron chi connectivity index (χ1n) is 7.49. The molecule has 2 aromatic carbocycles. The average Bonchev–Trinajstić information content (AvgIpc) is 2.55. The van der Waals surface area contributed by atoms with Gasteiger partial charge < -0.3 is 16.0 Å². The largest absolute Gasteiger partial charge is 0.383 e. The zero-order valence-electron chi connectivity index (χ0n) is 13.3. The molecule has 0 atom stereocenters. The number of rotatable bonds is 6. The molecule has 0 saturated carbocycles. The smallest absolute Gasteiger partial charge is 0.226 e. The number of nitrogens with one attached hydrogen (secondary N) is 3. The summed E-state index contributed by atoms with van der Waals surface area (Å²) in [7, 11) is 0. The standard InChI is InChI=1S/C18H18N4O2/c1-13(23)21-15-6-4-7-16(11-15)22-18(24)9-10-20-17-8-3-2-5-14(17)12-19/h2-8,11,20H,9-10H2,1H3,(H,21,23)(H,22,24). The Balaban J connectivity index is 1.85. The third-order valence-electron chi connectivity index (χ3n) is 3.18. The van der Waals surface area contributed by atoms with Gasteiger partial charge in [-0.3, -0.25) is 9.59 Å². The monoisotopic (exact) mass is 322 g/mol. The molecule has 0 radical (unpaired) electrons. The molecule has 0 aliphatic carbocycles. The molecule has 0 fully saturated rings. The van der Waals surface area contributed by atoms with Crippen molar-refractivity contribution in [1.82, 2.24) is 0 Å². The fraction of sp³-hybridized carbons (Fsp3) is 0.167. The normalized spacial score (nSPS) is 9.67. The van der Waals surface area contributed by atoms with Crippen LogP contribution in [0, 0.1) is 11.3 Å². The fourth-order valence-corrected chi connectivity index (χ4v) is 2.15. The maximum atomic E-state index is 12.0. The van der Waals surface area contributed by atoms with E-state index in [1.54, 1.807) is 42.5 Å². The summed E-state index contributed by atoms with van der Waals surface area (Å²) in [6, 6.07) is 16.2. The second-order valence-electron chi connectivity index (χ2n) is 5.14. The first kappa shape index (κ1) is 17.0. The van der Waals surface area contributed by atoms with Crippen LogP contribution in [0.4, 0.5) is 17.1 Å². The van der Waals surface area contributed by atoms with E-state index in [0.29, 0.717) is 29.2 Å². The molecule has 24 heavy (non-hydrogen) atoms. The third kappa shape index (κ3) is 5.14. The fourth-order valence-electron chi connectivity index (χ4n) is 2.15. The van der Waals surface area contributed by atoms with Crippen LogP contribution in [0.5, 0.6) is 0 Å². The van der Waals surface area contributed by atoms with Gasteiger partial charge in [0.25, 0.3) is 0 Å². The van der Waals surface area contributed by atoms with E-state index in [9.17, 15) is 9.59 Å². The summed E-state index contributed by atoms with van der Waals surface area (Å²) in [6.07, 6.45) is 0.254. The van der Waals surface area contributed by atoms with E-state index in [-0.39, 0.29) is 18.2 Å². The Bertz CT molecular complexity index is 781. The van der Waals surface area contributed by atoms with Crippen LogP contribution in [-0.4, -0.2) is 18.4 Å². The lowest BCUT2D eigenvalue weighted by atomic mass is 10.2. The van der Waals surface area contributed by atoms with Crippen molar-refractivity contribution >= 4 is 28.9 Å². The Kier molecular flexibility index (Phi) is 5.92. The predicted octanol–water partition coefficient (Wildman–Crippen LogP) is 2.96. The molecule has 2 aromatic rings. The van der Waals surface area contributed by atoms with E-state index in [0.717, 1.165) is 0 Å². The zero-order chi connectivity index (χ0) is 17.4. The molecule has 2 amide bonds. The summed E-state index contributed by atoms with van der Waals surface area (Å²) < 4.78 is 0. The average molecular weight is 322 g/mol. The van der Waals surface area contributed by atoms with Crippen LogP contribution in [0.3, 0.4) is 0 Å². The first-order chi connectivity index (χ1) is 11.6. The van der Waals surface area contributed by atoms with Crippen LogP contribution in [0.25, 0.3) is 0 Å². The first-order valence-corrected chi connectivity index (χ1v) is 7.49. The van der Waals surface area contributed by atoms with Gasteiger partial charge >= 0.3 is 0 Å². The maximum Gasteiger partial charge on any atom is 0.226 e. The summed E-state index contributed by atoms with van der Waals surface area (Å²) in [5.74, 6) is -0.323. The van der Waals surface area contributed by atoms with E-state index >= 15 is 0 Å². The molecule has 0 aliphatic rings. The molecule has 0 bridgehead atoms. The Morgan fingerprint density at radius 2 is 1.75 bits per heavy atom. The van der Waals surface area contributed by atoms with Crippen molar-refractivity contribution in [2.24, 2.45) is 0 Å². The number of carbonyl (C=O) groups is 2. The summed E-state index contributed by atoms with van der Waals surface area (Å²) in [5, 5.41) is 17.5. The zero-order valence-corrected chi connectivity index (χ0v) is 13.3. The lowest BCUT2D eigenvalue weighted by Crippen LogP contribution is -2.16. The number of hydrogen-bond acceptors (Lipinski definition) is 4. The van der Waals surface area contributed by atoms with Crippen LogP contribution in [0.2, 0.25) is 0 Å². The Labute approximate surface area is 140 Å². The highest BCUT2D eigenvalue weighted by atomic mass is 16.2. The van der Waals surface area contributed by atoms with Gasteiger partial charge in [0.15, 0.2) is 0 Å². The quantitative estimate of drug-likeness (QED) is 0.762. The summed E-state index contributed by atoms with van der Waals surface area (Å²) in [6.45, 7) is 1.84. The number of nitrogens with zero attached hydrogens (tertiary/aromatic N) is 1. The molecule has 122 valence electrons. The second kappa shape index (κ2) is 8.34. The van der Waals surface area contributed by atoms with Crippen LogP contribution in [-0.2, 0) is 9.59 Å². The predicted molar refractivity (Wildman–Crippen MR) is 93.6 cm³/mol. The van der Waals surface area contributed by atoms with Crippen LogP contribution in [0.1, 0.15) is 18.9 Å². The third-order valence-corrected chi connectivity index (χ3v) is 3.18. The van der Waals surface area contributed by atoms with Gasteiger partial charge in [-0.15, -0.1) is 0 Å². The Hall–Kier alpha value is -3.33. The number of anilines is 3. The summed E-state index contributed by atoms with van der Waals surface area (Å²) in [4.78, 5) is 23.0. The van der Waals surface area contributed by atoms with Crippen molar-refractivity contribution < 1.29 is 9.59 Å². The molecule has 0 aliphatic heterocycles. The van der Waals surface area contributed by atoms with E-state index < -0.39 is 0 Å². The molecule has 0 spiro atoms. The van der Waals surface area contributed by atoms with Crippen LogP contribution < -0.4 is 16.0 Å². The van der Waals surface area contributed by atoms with Gasteiger partial charge in [-0.25, -0.2) is 0 Å². The number of amides is 2. The van der Waals surface area contributed by atoms with Crippen molar-refractivity contribution in [3.63, 3.8) is 0 Å². The van der Waals surface area contributed by atoms with Crippen molar-refractivity contribution in [3.8, 4) is 6.07 Å². The lowest BCUT2D eigenvalue weighted by molar-refractivity contribution is -0.116. The maximum absolute atomic E-state index is 12.0. The number of hydrogen-bond donors (Lipinski definition) is 3. The lowest BCUT2D eigenvalue weighted by Gasteiger charge is -2.09. The number of para-hydroxylation sites is 1. The number of benzene rings is 2. The van der Waals surface area contributed by atoms with Crippen molar-refractivity contribution in [3.05, 3.63) is 54.1 Å². The molecule has 6 nitrogen and oxygen atoms in total. The van der Waals surface area contributed by atoms with Crippen molar-refractivity contribution in [2.75, 3.05) is 22.5 Å². The number of nitriles is 1. The topological polar surface area (TPSA) is 94.0 Å². The Morgan fingerprint density at radius 3 is 2.46 bits per heavy atom. The van der Waals surface area contributed by atoms with E-state index in [1.807, 2.05) is 6.07 Å². The second-order valence-corrected chi connectivity index (χ2v) is 5.14. The van der Waals surface area contributed by atoms with Gasteiger partial charge in [-0.1, -0.05) is 18.2 Å².